The van der Waals surface area contributed by atoms with Gasteiger partial charge >= 0.3 is 0 Å². The van der Waals surface area contributed by atoms with E-state index in [0.717, 1.165) is 33.2 Å². The molecule has 0 aliphatic heterocycles. The van der Waals surface area contributed by atoms with E-state index >= 15 is 0 Å². The first-order valence-corrected chi connectivity index (χ1v) is 7.20. The van der Waals surface area contributed by atoms with Crippen molar-refractivity contribution in [1.82, 2.24) is 4.98 Å². The molecule has 0 saturated heterocycles. The Bertz CT molecular complexity index is 878. The lowest BCUT2D eigenvalue weighted by atomic mass is 10.0. The third kappa shape index (κ3) is 2.37. The van der Waals surface area contributed by atoms with Gasteiger partial charge in [-0.2, -0.15) is 0 Å². The molecule has 0 unspecified atom stereocenters. The number of nitrogens with one attached hydrogen (secondary N) is 1. The topological polar surface area (TPSA) is 55.1 Å². The van der Waals surface area contributed by atoms with Crippen molar-refractivity contribution in [2.45, 2.75) is 27.7 Å². The van der Waals surface area contributed by atoms with Crippen LogP contribution in [0.4, 0.5) is 5.82 Å². The number of benzene rings is 1. The van der Waals surface area contributed by atoms with Gasteiger partial charge in [0, 0.05) is 17.1 Å². The molecule has 1 amide bonds. The average molecular weight is 294 g/mol. The maximum atomic E-state index is 12.5. The zero-order valence-corrected chi connectivity index (χ0v) is 13.2. The molecule has 3 rings (SSSR count). The van der Waals surface area contributed by atoms with Crippen molar-refractivity contribution in [3.63, 3.8) is 0 Å². The molecule has 2 aromatic heterocycles. The molecule has 0 aliphatic carbocycles. The van der Waals surface area contributed by atoms with Gasteiger partial charge in [-0.05, 0) is 56.5 Å². The van der Waals surface area contributed by atoms with Gasteiger partial charge in [0.1, 0.15) is 11.4 Å². The number of hydrogen-bond donors (Lipinski definition) is 1. The number of anilines is 1. The van der Waals surface area contributed by atoms with E-state index in [9.17, 15) is 4.79 Å². The van der Waals surface area contributed by atoms with Crippen molar-refractivity contribution in [2.75, 3.05) is 5.32 Å². The number of nitrogens with zero attached hydrogens (tertiary/aromatic N) is 1. The Balaban J connectivity index is 2.03. The summed E-state index contributed by atoms with van der Waals surface area (Å²) in [6.07, 6.45) is 1.67. The molecule has 22 heavy (non-hydrogen) atoms. The van der Waals surface area contributed by atoms with Gasteiger partial charge in [-0.15, -0.1) is 0 Å². The van der Waals surface area contributed by atoms with Crippen LogP contribution in [0.15, 0.2) is 34.9 Å². The SMILES string of the molecule is Cc1ccnc(NC(=O)c2oc3c(C)ccc(C)c3c2C)c1. The second-order valence-corrected chi connectivity index (χ2v) is 5.63. The Hall–Kier alpha value is -2.62. The minimum Gasteiger partial charge on any atom is -0.450 e. The Kier molecular flexibility index (Phi) is 3.45. The third-order valence-electron chi connectivity index (χ3n) is 3.85. The molecule has 112 valence electrons. The van der Waals surface area contributed by atoms with Crippen LogP contribution < -0.4 is 5.32 Å². The quantitative estimate of drug-likeness (QED) is 0.766. The van der Waals surface area contributed by atoms with E-state index in [0.29, 0.717) is 11.6 Å². The molecular formula is C18H18N2O2. The van der Waals surface area contributed by atoms with Crippen LogP contribution in [0.3, 0.4) is 0 Å². The van der Waals surface area contributed by atoms with Gasteiger partial charge in [0.15, 0.2) is 5.76 Å². The van der Waals surface area contributed by atoms with Gasteiger partial charge in [-0.25, -0.2) is 4.98 Å². The van der Waals surface area contributed by atoms with Crippen LogP contribution in [0, 0.1) is 27.7 Å². The van der Waals surface area contributed by atoms with Gasteiger partial charge in [0.05, 0.1) is 0 Å². The second kappa shape index (κ2) is 5.30. The predicted octanol–water partition coefficient (Wildman–Crippen LogP) is 4.31. The summed E-state index contributed by atoms with van der Waals surface area (Å²) < 4.78 is 5.83. The molecular weight excluding hydrogens is 276 g/mol. The number of amides is 1. The van der Waals surface area contributed by atoms with Crippen LogP contribution in [-0.4, -0.2) is 10.9 Å². The van der Waals surface area contributed by atoms with Crippen molar-refractivity contribution in [3.8, 4) is 0 Å². The maximum Gasteiger partial charge on any atom is 0.292 e. The van der Waals surface area contributed by atoms with Crippen molar-refractivity contribution >= 4 is 22.7 Å². The molecule has 2 heterocycles. The Labute approximate surface area is 129 Å². The second-order valence-electron chi connectivity index (χ2n) is 5.63. The number of aryl methyl sites for hydroxylation is 4. The Morgan fingerprint density at radius 3 is 2.50 bits per heavy atom. The summed E-state index contributed by atoms with van der Waals surface area (Å²) in [6, 6.07) is 7.76. The van der Waals surface area contributed by atoms with Gasteiger partial charge in [-0.1, -0.05) is 12.1 Å². The van der Waals surface area contributed by atoms with Gasteiger partial charge in [-0.3, -0.25) is 4.79 Å². The van der Waals surface area contributed by atoms with Crippen LogP contribution >= 0.6 is 0 Å². The van der Waals surface area contributed by atoms with Crippen molar-refractivity contribution in [2.24, 2.45) is 0 Å². The molecule has 4 heteroatoms. The standard InChI is InChI=1S/C18H18N2O2/c1-10-7-8-19-14(9-10)20-18(21)17-13(4)15-11(2)5-6-12(3)16(15)22-17/h5-9H,1-4H3,(H,19,20,21). The van der Waals surface area contributed by atoms with E-state index in [1.54, 1.807) is 6.20 Å². The van der Waals surface area contributed by atoms with E-state index < -0.39 is 0 Å². The lowest BCUT2D eigenvalue weighted by Crippen LogP contribution is -2.13. The van der Waals surface area contributed by atoms with E-state index in [4.69, 9.17) is 4.42 Å². The van der Waals surface area contributed by atoms with E-state index in [2.05, 4.69) is 10.3 Å². The number of carbonyl (C=O) groups excluding carboxylic acids is 1. The van der Waals surface area contributed by atoms with Crippen molar-refractivity contribution < 1.29 is 9.21 Å². The molecule has 0 spiro atoms. The highest BCUT2D eigenvalue weighted by Crippen LogP contribution is 2.30. The number of rotatable bonds is 2. The molecule has 0 radical (unpaired) electrons. The predicted molar refractivity (Wildman–Crippen MR) is 87.4 cm³/mol. The largest absolute Gasteiger partial charge is 0.450 e. The molecule has 0 aliphatic rings. The monoisotopic (exact) mass is 294 g/mol. The molecule has 0 fully saturated rings. The number of carbonyl (C=O) groups is 1. The van der Waals surface area contributed by atoms with Crippen LogP contribution in [0.25, 0.3) is 11.0 Å². The highest BCUT2D eigenvalue weighted by Gasteiger charge is 2.20. The average Bonchev–Trinajstić information content (AvgIpc) is 2.82. The first-order valence-electron chi connectivity index (χ1n) is 7.20. The summed E-state index contributed by atoms with van der Waals surface area (Å²) in [5.41, 5.74) is 4.81. The van der Waals surface area contributed by atoms with Crippen molar-refractivity contribution in [3.05, 3.63) is 58.5 Å². The minimum absolute atomic E-state index is 0.273. The van der Waals surface area contributed by atoms with Gasteiger partial charge in [0.25, 0.3) is 5.91 Å². The lowest BCUT2D eigenvalue weighted by molar-refractivity contribution is 0.0997. The van der Waals surface area contributed by atoms with Gasteiger partial charge < -0.3 is 9.73 Å². The number of hydrogen-bond acceptors (Lipinski definition) is 3. The maximum absolute atomic E-state index is 12.5. The van der Waals surface area contributed by atoms with Crippen LogP contribution in [0.2, 0.25) is 0 Å². The molecule has 4 nitrogen and oxygen atoms in total. The van der Waals surface area contributed by atoms with Gasteiger partial charge in [0.2, 0.25) is 0 Å². The van der Waals surface area contributed by atoms with Crippen LogP contribution in [-0.2, 0) is 0 Å². The fourth-order valence-corrected chi connectivity index (χ4v) is 2.67. The summed E-state index contributed by atoms with van der Waals surface area (Å²) in [6.45, 7) is 7.87. The zero-order valence-electron chi connectivity index (χ0n) is 13.2. The third-order valence-corrected chi connectivity index (χ3v) is 3.85. The van der Waals surface area contributed by atoms with Crippen LogP contribution in [0.1, 0.15) is 32.8 Å². The smallest absolute Gasteiger partial charge is 0.292 e. The Morgan fingerprint density at radius 2 is 1.82 bits per heavy atom. The van der Waals surface area contributed by atoms with Crippen molar-refractivity contribution in [1.29, 1.82) is 0 Å². The highest BCUT2D eigenvalue weighted by molar-refractivity contribution is 6.06. The van der Waals surface area contributed by atoms with E-state index in [1.807, 2.05) is 52.0 Å². The number of fused-ring (bicyclic) bond motifs is 1. The highest BCUT2D eigenvalue weighted by atomic mass is 16.3. The zero-order chi connectivity index (χ0) is 15.9. The fourth-order valence-electron chi connectivity index (χ4n) is 2.67. The molecule has 1 N–H and O–H groups in total. The minimum atomic E-state index is -0.273. The molecule has 0 saturated carbocycles. The molecule has 3 aromatic rings. The van der Waals surface area contributed by atoms with E-state index in [1.165, 1.54) is 0 Å². The lowest BCUT2D eigenvalue weighted by Gasteiger charge is -2.03. The summed E-state index contributed by atoms with van der Waals surface area (Å²) in [4.78, 5) is 16.6. The summed E-state index contributed by atoms with van der Waals surface area (Å²) in [5, 5.41) is 3.81. The first kappa shape index (κ1) is 14.3. The fraction of sp³-hybridized carbons (Fsp3) is 0.222. The number of pyridine rings is 1. The summed E-state index contributed by atoms with van der Waals surface area (Å²) >= 11 is 0. The van der Waals surface area contributed by atoms with E-state index in [-0.39, 0.29) is 5.91 Å². The molecule has 0 bridgehead atoms. The van der Waals surface area contributed by atoms with Crippen LogP contribution in [0.5, 0.6) is 0 Å². The Morgan fingerprint density at radius 1 is 1.09 bits per heavy atom. The summed E-state index contributed by atoms with van der Waals surface area (Å²) in [7, 11) is 0. The summed E-state index contributed by atoms with van der Waals surface area (Å²) in [5.74, 6) is 0.597. The molecule has 1 aromatic carbocycles. The number of furan rings is 1. The normalized spacial score (nSPS) is 10.9. The number of aromatic nitrogens is 1. The molecule has 0 atom stereocenters. The first-order chi connectivity index (χ1) is 10.5.